The summed E-state index contributed by atoms with van der Waals surface area (Å²) in [6.07, 6.45) is 0. The van der Waals surface area contributed by atoms with Crippen molar-refractivity contribution in [2.45, 2.75) is 13.0 Å². The quantitative estimate of drug-likeness (QED) is 0.837. The zero-order chi connectivity index (χ0) is 13.0. The van der Waals surface area contributed by atoms with Gasteiger partial charge in [-0.3, -0.25) is 9.69 Å². The van der Waals surface area contributed by atoms with Crippen molar-refractivity contribution in [3.63, 3.8) is 0 Å². The van der Waals surface area contributed by atoms with Gasteiger partial charge in [-0.05, 0) is 24.3 Å². The van der Waals surface area contributed by atoms with Crippen LogP contribution < -0.4 is 4.90 Å². The number of nitrogens with zero attached hydrogens (tertiary/aromatic N) is 1. The van der Waals surface area contributed by atoms with Crippen molar-refractivity contribution in [2.75, 3.05) is 10.7 Å². The molecule has 0 aliphatic rings. The molecule has 17 heavy (non-hydrogen) atoms. The fraction of sp³-hybridized carbons (Fsp3) is 0.273. The van der Waals surface area contributed by atoms with E-state index >= 15 is 0 Å². The van der Waals surface area contributed by atoms with E-state index in [1.807, 2.05) is 0 Å². The van der Waals surface area contributed by atoms with Gasteiger partial charge in [0, 0.05) is 22.8 Å². The summed E-state index contributed by atoms with van der Waals surface area (Å²) in [6.45, 7) is 1.33. The summed E-state index contributed by atoms with van der Waals surface area (Å²) >= 11 is 7.26. The molecule has 1 aromatic rings. The highest BCUT2D eigenvalue weighted by Gasteiger charge is 2.27. The Balaban J connectivity index is 3.12. The number of anilines is 1. The molecule has 0 saturated carbocycles. The number of hydrogen-bond donors (Lipinski definition) is 2. The molecule has 0 spiro atoms. The fourth-order valence-electron chi connectivity index (χ4n) is 1.45. The molecule has 0 aromatic heterocycles. The summed E-state index contributed by atoms with van der Waals surface area (Å²) in [5, 5.41) is 9.06. The summed E-state index contributed by atoms with van der Waals surface area (Å²) in [5.41, 5.74) is 0.544. The second kappa shape index (κ2) is 6.07. The fourth-order valence-corrected chi connectivity index (χ4v) is 2.04. The first-order valence-electron chi connectivity index (χ1n) is 4.86. The maximum atomic E-state index is 11.6. The molecule has 0 fully saturated rings. The standard InChI is InChI=1S/C11H12BrNO3S/c1-7(14)13(10(6-17)11(15)16)9-4-2-8(12)3-5-9/h2-5,10,17H,6H2,1H3,(H,15,16)/t10-/m0/s1. The Morgan fingerprint density at radius 1 is 1.41 bits per heavy atom. The predicted octanol–water partition coefficient (Wildman–Crippen LogP) is 2.19. The molecule has 0 radical (unpaired) electrons. The second-order valence-corrected chi connectivity index (χ2v) is 4.68. The molecule has 1 atom stereocenters. The Labute approximate surface area is 113 Å². The van der Waals surface area contributed by atoms with Crippen LogP contribution in [0, 0.1) is 0 Å². The van der Waals surface area contributed by atoms with Crippen molar-refractivity contribution in [1.82, 2.24) is 0 Å². The van der Waals surface area contributed by atoms with Gasteiger partial charge in [0.05, 0.1) is 0 Å². The third-order valence-electron chi connectivity index (χ3n) is 2.21. The molecule has 0 aliphatic carbocycles. The molecule has 1 amide bonds. The van der Waals surface area contributed by atoms with Crippen LogP contribution in [0.1, 0.15) is 6.92 Å². The smallest absolute Gasteiger partial charge is 0.327 e. The largest absolute Gasteiger partial charge is 0.480 e. The van der Waals surface area contributed by atoms with Gasteiger partial charge in [0.1, 0.15) is 6.04 Å². The lowest BCUT2D eigenvalue weighted by atomic mass is 10.2. The van der Waals surface area contributed by atoms with Crippen molar-refractivity contribution >= 4 is 46.1 Å². The number of carbonyl (C=O) groups is 2. The lowest BCUT2D eigenvalue weighted by Crippen LogP contribution is -2.45. The third-order valence-corrected chi connectivity index (χ3v) is 3.09. The van der Waals surface area contributed by atoms with Gasteiger partial charge >= 0.3 is 5.97 Å². The van der Waals surface area contributed by atoms with Gasteiger partial charge in [-0.2, -0.15) is 12.6 Å². The Hall–Kier alpha value is -1.01. The van der Waals surface area contributed by atoms with E-state index in [9.17, 15) is 9.59 Å². The molecule has 0 heterocycles. The van der Waals surface area contributed by atoms with Crippen molar-refractivity contribution in [2.24, 2.45) is 0 Å². The van der Waals surface area contributed by atoms with E-state index < -0.39 is 12.0 Å². The molecule has 0 saturated heterocycles. The number of aliphatic carboxylic acids is 1. The number of amides is 1. The Bertz CT molecular complexity index is 421. The minimum atomic E-state index is -1.07. The average molecular weight is 318 g/mol. The first-order chi connectivity index (χ1) is 7.97. The first kappa shape index (κ1) is 14.1. The normalized spacial score (nSPS) is 11.9. The highest BCUT2D eigenvalue weighted by molar-refractivity contribution is 9.10. The van der Waals surface area contributed by atoms with Crippen LogP contribution in [0.2, 0.25) is 0 Å². The first-order valence-corrected chi connectivity index (χ1v) is 6.29. The predicted molar refractivity (Wildman–Crippen MR) is 72.6 cm³/mol. The second-order valence-electron chi connectivity index (χ2n) is 3.40. The molecule has 6 heteroatoms. The third kappa shape index (κ3) is 3.47. The van der Waals surface area contributed by atoms with Gasteiger partial charge in [-0.25, -0.2) is 4.79 Å². The van der Waals surface area contributed by atoms with Crippen molar-refractivity contribution < 1.29 is 14.7 Å². The lowest BCUT2D eigenvalue weighted by Gasteiger charge is -2.26. The van der Waals surface area contributed by atoms with Crippen molar-refractivity contribution in [3.8, 4) is 0 Å². The van der Waals surface area contributed by atoms with E-state index in [-0.39, 0.29) is 11.7 Å². The number of rotatable bonds is 4. The molecule has 1 rings (SSSR count). The maximum absolute atomic E-state index is 11.6. The van der Waals surface area contributed by atoms with E-state index in [2.05, 4.69) is 28.6 Å². The molecule has 1 aromatic carbocycles. The lowest BCUT2D eigenvalue weighted by molar-refractivity contribution is -0.139. The monoisotopic (exact) mass is 317 g/mol. The number of carboxylic acids is 1. The van der Waals surface area contributed by atoms with Gasteiger partial charge in [0.2, 0.25) is 5.91 Å². The minimum absolute atomic E-state index is 0.0605. The van der Waals surface area contributed by atoms with Crippen LogP contribution in [0.15, 0.2) is 28.7 Å². The topological polar surface area (TPSA) is 57.6 Å². The Morgan fingerprint density at radius 3 is 2.29 bits per heavy atom. The summed E-state index contributed by atoms with van der Waals surface area (Å²) < 4.78 is 0.863. The summed E-state index contributed by atoms with van der Waals surface area (Å²) in [6, 6.07) is 5.92. The number of thiol groups is 1. The van der Waals surface area contributed by atoms with Crippen molar-refractivity contribution in [3.05, 3.63) is 28.7 Å². The van der Waals surface area contributed by atoms with E-state index in [1.54, 1.807) is 24.3 Å². The summed E-state index contributed by atoms with van der Waals surface area (Å²) in [5.74, 6) is -1.34. The number of carbonyl (C=O) groups excluding carboxylic acids is 1. The summed E-state index contributed by atoms with van der Waals surface area (Å²) in [4.78, 5) is 23.8. The van der Waals surface area contributed by atoms with Gasteiger partial charge in [0.25, 0.3) is 0 Å². The number of halogens is 1. The van der Waals surface area contributed by atoms with Crippen LogP contribution >= 0.6 is 28.6 Å². The van der Waals surface area contributed by atoms with Crippen LogP contribution in [0.4, 0.5) is 5.69 Å². The van der Waals surface area contributed by atoms with Gasteiger partial charge in [0.15, 0.2) is 0 Å². The van der Waals surface area contributed by atoms with Crippen LogP contribution in [0.5, 0.6) is 0 Å². The molecule has 4 nitrogen and oxygen atoms in total. The van der Waals surface area contributed by atoms with Gasteiger partial charge < -0.3 is 5.11 Å². The molecule has 1 N–H and O–H groups in total. The van der Waals surface area contributed by atoms with Crippen LogP contribution in [-0.2, 0) is 9.59 Å². The van der Waals surface area contributed by atoms with Crippen LogP contribution in [0.25, 0.3) is 0 Å². The average Bonchev–Trinajstić information content (AvgIpc) is 2.26. The van der Waals surface area contributed by atoms with Gasteiger partial charge in [-0.1, -0.05) is 15.9 Å². The zero-order valence-electron chi connectivity index (χ0n) is 9.13. The maximum Gasteiger partial charge on any atom is 0.327 e. The minimum Gasteiger partial charge on any atom is -0.480 e. The molecular weight excluding hydrogens is 306 g/mol. The van der Waals surface area contributed by atoms with E-state index in [0.717, 1.165) is 4.47 Å². The Morgan fingerprint density at radius 2 is 1.94 bits per heavy atom. The van der Waals surface area contributed by atoms with Crippen LogP contribution in [-0.4, -0.2) is 28.8 Å². The van der Waals surface area contributed by atoms with E-state index in [4.69, 9.17) is 5.11 Å². The van der Waals surface area contributed by atoms with E-state index in [0.29, 0.717) is 5.69 Å². The molecular formula is C11H12BrNO3S. The number of benzene rings is 1. The number of carboxylic acid groups (broad SMARTS) is 1. The van der Waals surface area contributed by atoms with Crippen LogP contribution in [0.3, 0.4) is 0 Å². The molecule has 0 bridgehead atoms. The SMILES string of the molecule is CC(=O)N(c1ccc(Br)cc1)[C@@H](CS)C(=O)O. The highest BCUT2D eigenvalue weighted by Crippen LogP contribution is 2.21. The summed E-state index contributed by atoms with van der Waals surface area (Å²) in [7, 11) is 0. The number of hydrogen-bond acceptors (Lipinski definition) is 3. The Kier molecular flexibility index (Phi) is 5.02. The molecule has 0 aliphatic heterocycles. The zero-order valence-corrected chi connectivity index (χ0v) is 11.6. The molecule has 0 unspecified atom stereocenters. The van der Waals surface area contributed by atoms with Gasteiger partial charge in [-0.15, -0.1) is 0 Å². The van der Waals surface area contributed by atoms with Crippen molar-refractivity contribution in [1.29, 1.82) is 0 Å². The molecule has 92 valence electrons. The van der Waals surface area contributed by atoms with E-state index in [1.165, 1.54) is 11.8 Å². The highest BCUT2D eigenvalue weighted by atomic mass is 79.9.